The second-order valence-corrected chi connectivity index (χ2v) is 9.59. The first-order valence-electron chi connectivity index (χ1n) is 10.5. The zero-order valence-corrected chi connectivity index (χ0v) is 18.4. The average Bonchev–Trinajstić information content (AvgIpc) is 2.78. The zero-order chi connectivity index (χ0) is 22.3. The van der Waals surface area contributed by atoms with E-state index in [2.05, 4.69) is 15.6 Å². The molecular weight excluding hydrogens is 416 g/mol. The molecule has 2 aromatic rings. The van der Waals surface area contributed by atoms with Gasteiger partial charge < -0.3 is 10.6 Å². The van der Waals surface area contributed by atoms with Crippen LogP contribution in [0.5, 0.6) is 0 Å². The summed E-state index contributed by atoms with van der Waals surface area (Å²) in [5.74, 6) is -0.483. The van der Waals surface area contributed by atoms with Crippen molar-refractivity contribution in [1.82, 2.24) is 14.6 Å². The molecule has 1 atom stereocenters. The number of nitrogens with zero attached hydrogens (tertiary/aromatic N) is 2. The molecule has 166 valence electrons. The Morgan fingerprint density at radius 2 is 1.94 bits per heavy atom. The summed E-state index contributed by atoms with van der Waals surface area (Å²) in [5, 5.41) is 5.68. The molecule has 0 aliphatic carbocycles. The highest BCUT2D eigenvalue weighted by Gasteiger charge is 2.35. The maximum absolute atomic E-state index is 12.8. The Morgan fingerprint density at radius 3 is 2.68 bits per heavy atom. The molecule has 1 unspecified atom stereocenters. The van der Waals surface area contributed by atoms with Crippen molar-refractivity contribution < 1.29 is 18.0 Å². The summed E-state index contributed by atoms with van der Waals surface area (Å²) >= 11 is 0. The van der Waals surface area contributed by atoms with Gasteiger partial charge in [-0.05, 0) is 49.1 Å². The lowest BCUT2D eigenvalue weighted by atomic mass is 10.0. The number of sulfonamides is 1. The van der Waals surface area contributed by atoms with Crippen molar-refractivity contribution in [3.05, 3.63) is 59.9 Å². The lowest BCUT2D eigenvalue weighted by molar-refractivity contribution is -0.125. The average molecular weight is 445 g/mol. The predicted molar refractivity (Wildman–Crippen MR) is 119 cm³/mol. The summed E-state index contributed by atoms with van der Waals surface area (Å²) < 4.78 is 26.4. The minimum atomic E-state index is -3.44. The molecule has 1 aliphatic heterocycles. The van der Waals surface area contributed by atoms with E-state index in [0.29, 0.717) is 30.6 Å². The Kier molecular flexibility index (Phi) is 7.75. The van der Waals surface area contributed by atoms with Crippen LogP contribution >= 0.6 is 0 Å². The Morgan fingerprint density at radius 1 is 1.16 bits per heavy atom. The summed E-state index contributed by atoms with van der Waals surface area (Å²) in [5.41, 5.74) is 1.91. The standard InChI is InChI=1S/C22H28N4O4S/c1-2-14-31(29,30)26-13-4-3-8-20(26)22(28)24-16-17-6-5-7-19(15-17)25-21(27)18-9-11-23-12-10-18/h5-7,9-12,15,20H,2-4,8,13-14,16H2,1H3,(H,24,28)(H,25,27). The highest BCUT2D eigenvalue weighted by atomic mass is 32.2. The molecule has 1 aromatic carbocycles. The summed E-state index contributed by atoms with van der Waals surface area (Å²) in [6, 6.07) is 9.78. The lowest BCUT2D eigenvalue weighted by Gasteiger charge is -2.33. The van der Waals surface area contributed by atoms with Gasteiger partial charge in [0.05, 0.1) is 5.75 Å². The first kappa shape index (κ1) is 22.9. The highest BCUT2D eigenvalue weighted by Crippen LogP contribution is 2.22. The van der Waals surface area contributed by atoms with Gasteiger partial charge in [-0.3, -0.25) is 14.6 Å². The van der Waals surface area contributed by atoms with E-state index in [4.69, 9.17) is 0 Å². The van der Waals surface area contributed by atoms with Gasteiger partial charge in [0.2, 0.25) is 15.9 Å². The van der Waals surface area contributed by atoms with Gasteiger partial charge in [-0.15, -0.1) is 0 Å². The van der Waals surface area contributed by atoms with Crippen molar-refractivity contribution in [1.29, 1.82) is 0 Å². The number of rotatable bonds is 8. The van der Waals surface area contributed by atoms with Crippen LogP contribution in [0.4, 0.5) is 5.69 Å². The molecule has 9 heteroatoms. The SMILES string of the molecule is CCCS(=O)(=O)N1CCCCC1C(=O)NCc1cccc(NC(=O)c2ccncc2)c1. The number of aromatic nitrogens is 1. The monoisotopic (exact) mass is 444 g/mol. The van der Waals surface area contributed by atoms with Crippen LogP contribution in [-0.4, -0.2) is 47.9 Å². The minimum absolute atomic E-state index is 0.0516. The topological polar surface area (TPSA) is 108 Å². The van der Waals surface area contributed by atoms with E-state index >= 15 is 0 Å². The van der Waals surface area contributed by atoms with Crippen LogP contribution in [0.25, 0.3) is 0 Å². The molecule has 2 N–H and O–H groups in total. The number of carbonyl (C=O) groups excluding carboxylic acids is 2. The van der Waals surface area contributed by atoms with Gasteiger partial charge in [0.15, 0.2) is 0 Å². The zero-order valence-electron chi connectivity index (χ0n) is 17.6. The third-order valence-electron chi connectivity index (χ3n) is 5.17. The normalized spacial score (nSPS) is 17.1. The van der Waals surface area contributed by atoms with Gasteiger partial charge in [0, 0.05) is 36.7 Å². The summed E-state index contributed by atoms with van der Waals surface area (Å²) in [6.45, 7) is 2.45. The molecule has 8 nitrogen and oxygen atoms in total. The molecule has 0 bridgehead atoms. The van der Waals surface area contributed by atoms with Crippen LogP contribution in [0, 0.1) is 0 Å². The Bertz CT molecular complexity index is 1010. The molecule has 1 fully saturated rings. The first-order chi connectivity index (χ1) is 14.9. The third kappa shape index (κ3) is 6.11. The second kappa shape index (κ2) is 10.5. The Balaban J connectivity index is 1.62. The molecule has 0 spiro atoms. The maximum atomic E-state index is 12.8. The molecule has 1 aromatic heterocycles. The van der Waals surface area contributed by atoms with Crippen molar-refractivity contribution in [2.45, 2.75) is 45.2 Å². The van der Waals surface area contributed by atoms with E-state index in [9.17, 15) is 18.0 Å². The Hall–Kier alpha value is -2.78. The smallest absolute Gasteiger partial charge is 0.255 e. The van der Waals surface area contributed by atoms with Crippen LogP contribution < -0.4 is 10.6 Å². The number of anilines is 1. The lowest BCUT2D eigenvalue weighted by Crippen LogP contribution is -2.52. The van der Waals surface area contributed by atoms with E-state index < -0.39 is 16.1 Å². The van der Waals surface area contributed by atoms with Crippen LogP contribution in [0.2, 0.25) is 0 Å². The van der Waals surface area contributed by atoms with Crippen LogP contribution in [0.3, 0.4) is 0 Å². The first-order valence-corrected chi connectivity index (χ1v) is 12.1. The maximum Gasteiger partial charge on any atom is 0.255 e. The summed E-state index contributed by atoms with van der Waals surface area (Å²) in [6.07, 6.45) is 5.74. The predicted octanol–water partition coefficient (Wildman–Crippen LogP) is 2.54. The number of carbonyl (C=O) groups is 2. The molecule has 3 rings (SSSR count). The van der Waals surface area contributed by atoms with E-state index in [-0.39, 0.29) is 24.1 Å². The van der Waals surface area contributed by atoms with Gasteiger partial charge >= 0.3 is 0 Å². The summed E-state index contributed by atoms with van der Waals surface area (Å²) in [7, 11) is -3.44. The summed E-state index contributed by atoms with van der Waals surface area (Å²) in [4.78, 5) is 29.0. The van der Waals surface area contributed by atoms with Crippen molar-refractivity contribution in [2.75, 3.05) is 17.6 Å². The van der Waals surface area contributed by atoms with E-state index in [1.54, 1.807) is 42.7 Å². The highest BCUT2D eigenvalue weighted by molar-refractivity contribution is 7.89. The van der Waals surface area contributed by atoms with Gasteiger partial charge in [-0.25, -0.2) is 8.42 Å². The number of nitrogens with one attached hydrogen (secondary N) is 2. The van der Waals surface area contributed by atoms with Gasteiger partial charge in [0.1, 0.15) is 6.04 Å². The number of benzene rings is 1. The third-order valence-corrected chi connectivity index (χ3v) is 7.25. The second-order valence-electron chi connectivity index (χ2n) is 7.55. The number of piperidine rings is 1. The fourth-order valence-electron chi connectivity index (χ4n) is 3.65. The van der Waals surface area contributed by atoms with Gasteiger partial charge in [0.25, 0.3) is 5.91 Å². The van der Waals surface area contributed by atoms with E-state index in [1.165, 1.54) is 4.31 Å². The molecule has 2 amide bonds. The fraction of sp³-hybridized carbons (Fsp3) is 0.409. The van der Waals surface area contributed by atoms with Crippen molar-refractivity contribution in [3.8, 4) is 0 Å². The molecule has 1 saturated heterocycles. The van der Waals surface area contributed by atoms with Crippen molar-refractivity contribution in [2.24, 2.45) is 0 Å². The van der Waals surface area contributed by atoms with Crippen LogP contribution in [-0.2, 0) is 21.4 Å². The number of amides is 2. The molecule has 1 aliphatic rings. The van der Waals surface area contributed by atoms with Crippen molar-refractivity contribution in [3.63, 3.8) is 0 Å². The number of hydrogen-bond donors (Lipinski definition) is 2. The number of pyridine rings is 1. The molecule has 0 radical (unpaired) electrons. The number of hydrogen-bond acceptors (Lipinski definition) is 5. The molecule has 31 heavy (non-hydrogen) atoms. The van der Waals surface area contributed by atoms with Crippen LogP contribution in [0.15, 0.2) is 48.8 Å². The molecular formula is C22H28N4O4S. The van der Waals surface area contributed by atoms with Crippen LogP contribution in [0.1, 0.15) is 48.5 Å². The molecule has 0 saturated carbocycles. The van der Waals surface area contributed by atoms with E-state index in [1.807, 2.05) is 13.0 Å². The minimum Gasteiger partial charge on any atom is -0.351 e. The Labute approximate surface area is 183 Å². The van der Waals surface area contributed by atoms with Gasteiger partial charge in [-0.2, -0.15) is 4.31 Å². The van der Waals surface area contributed by atoms with Crippen molar-refractivity contribution >= 4 is 27.5 Å². The quantitative estimate of drug-likeness (QED) is 0.650. The van der Waals surface area contributed by atoms with E-state index in [0.717, 1.165) is 18.4 Å². The molecule has 2 heterocycles. The van der Waals surface area contributed by atoms with Gasteiger partial charge in [-0.1, -0.05) is 25.5 Å². The largest absolute Gasteiger partial charge is 0.351 e. The fourth-order valence-corrected chi connectivity index (χ4v) is 5.39.